The number of pyridine rings is 1. The van der Waals surface area contributed by atoms with Crippen LogP contribution in [0.15, 0.2) is 47.1 Å². The van der Waals surface area contributed by atoms with Gasteiger partial charge in [0.1, 0.15) is 17.8 Å². The molecule has 9 nitrogen and oxygen atoms in total. The van der Waals surface area contributed by atoms with Gasteiger partial charge in [-0.15, -0.1) is 0 Å². The monoisotopic (exact) mass is 474 g/mol. The third-order valence-corrected chi connectivity index (χ3v) is 5.58. The molecule has 0 amide bonds. The van der Waals surface area contributed by atoms with Crippen LogP contribution >= 0.6 is 0 Å². The number of aliphatic carboxylic acids is 1. The number of nitrogens with zero attached hydrogens (tertiary/aromatic N) is 2. The molecule has 3 aromatic rings. The Morgan fingerprint density at radius 2 is 2.03 bits per heavy atom. The Morgan fingerprint density at radius 3 is 2.82 bits per heavy atom. The number of carboxylic acids is 1. The van der Waals surface area contributed by atoms with Crippen LogP contribution in [0.1, 0.15) is 43.6 Å². The van der Waals surface area contributed by atoms with Crippen LogP contribution in [0.25, 0.3) is 23.3 Å². The van der Waals surface area contributed by atoms with Crippen LogP contribution in [-0.4, -0.2) is 41.4 Å². The van der Waals surface area contributed by atoms with Crippen LogP contribution in [0.5, 0.6) is 5.75 Å². The number of carboxylic acid groups (broad SMARTS) is 1. The lowest BCUT2D eigenvalue weighted by molar-refractivity contribution is -0.697. The maximum Gasteiger partial charge on any atom is 0.303 e. The van der Waals surface area contributed by atoms with Gasteiger partial charge in [-0.3, -0.25) is 4.79 Å². The molecular weight excluding hydrogens is 448 g/mol. The highest BCUT2D eigenvalue weighted by Gasteiger charge is 2.07. The van der Waals surface area contributed by atoms with Gasteiger partial charge in [-0.1, -0.05) is 0 Å². The molecular formula is C23H26N2O7S. The minimum absolute atomic E-state index is 0.113. The van der Waals surface area contributed by atoms with Gasteiger partial charge in [0.2, 0.25) is 5.89 Å². The van der Waals surface area contributed by atoms with Crippen molar-refractivity contribution < 1.29 is 36.6 Å². The van der Waals surface area contributed by atoms with Crippen LogP contribution in [0.2, 0.25) is 0 Å². The van der Waals surface area contributed by atoms with E-state index in [1.165, 1.54) is 0 Å². The van der Waals surface area contributed by atoms with Gasteiger partial charge in [-0.2, -0.15) is 0 Å². The Morgan fingerprint density at radius 1 is 1.18 bits per heavy atom. The summed E-state index contributed by atoms with van der Waals surface area (Å²) in [6, 6.07) is 9.04. The SMILES string of the molecule is O=C(O)CCCCC[n+]1cccc(/C=C/c2nc3ccc(OCCCS(=O)(=O)[O-])cc3o2)c1. The minimum Gasteiger partial charge on any atom is -0.748 e. The largest absolute Gasteiger partial charge is 0.748 e. The smallest absolute Gasteiger partial charge is 0.303 e. The van der Waals surface area contributed by atoms with Gasteiger partial charge in [0.15, 0.2) is 18.0 Å². The van der Waals surface area contributed by atoms with Crippen molar-refractivity contribution in [2.45, 2.75) is 38.6 Å². The highest BCUT2D eigenvalue weighted by molar-refractivity contribution is 7.85. The van der Waals surface area contributed by atoms with E-state index < -0.39 is 21.8 Å². The van der Waals surface area contributed by atoms with Crippen LogP contribution in [0.4, 0.5) is 0 Å². The predicted octanol–water partition coefficient (Wildman–Crippen LogP) is 3.24. The highest BCUT2D eigenvalue weighted by atomic mass is 32.2. The van der Waals surface area contributed by atoms with Crippen molar-refractivity contribution in [1.29, 1.82) is 0 Å². The van der Waals surface area contributed by atoms with Crippen molar-refractivity contribution in [1.82, 2.24) is 4.98 Å². The molecule has 2 heterocycles. The molecule has 176 valence electrons. The van der Waals surface area contributed by atoms with Gasteiger partial charge in [-0.05, 0) is 43.5 Å². The van der Waals surface area contributed by atoms with E-state index in [-0.39, 0.29) is 19.4 Å². The highest BCUT2D eigenvalue weighted by Crippen LogP contribution is 2.23. The lowest BCUT2D eigenvalue weighted by Gasteiger charge is -2.08. The fourth-order valence-electron chi connectivity index (χ4n) is 3.20. The number of oxazole rings is 1. The second-order valence-corrected chi connectivity index (χ2v) is 9.08. The van der Waals surface area contributed by atoms with E-state index in [2.05, 4.69) is 9.55 Å². The van der Waals surface area contributed by atoms with Gasteiger partial charge in [0.25, 0.3) is 0 Å². The summed E-state index contributed by atoms with van der Waals surface area (Å²) in [4.78, 5) is 15.0. The standard InChI is InChI=1S/C23H26N2O7S/c26-23(27)7-2-1-3-12-25-13-4-6-18(17-25)8-11-22-24-20-10-9-19(16-21(20)32-22)31-14-5-15-33(28,29)30/h4,6,8-11,13,16-17H,1-3,5,7,12,14-15H2,(H-,26,27,28,29,30)/b11-8+. The molecule has 0 aliphatic carbocycles. The predicted molar refractivity (Wildman–Crippen MR) is 120 cm³/mol. The fourth-order valence-corrected chi connectivity index (χ4v) is 3.68. The summed E-state index contributed by atoms with van der Waals surface area (Å²) in [5, 5.41) is 8.69. The normalized spacial score (nSPS) is 11.9. The van der Waals surface area contributed by atoms with Crippen LogP contribution in [0.3, 0.4) is 0 Å². The van der Waals surface area contributed by atoms with Crippen LogP contribution in [-0.2, 0) is 21.5 Å². The van der Waals surface area contributed by atoms with E-state index in [4.69, 9.17) is 14.3 Å². The first kappa shape index (κ1) is 24.4. The Balaban J connectivity index is 1.55. The zero-order valence-electron chi connectivity index (χ0n) is 18.1. The number of hydrogen-bond acceptors (Lipinski definition) is 7. The summed E-state index contributed by atoms with van der Waals surface area (Å²) in [6.45, 7) is 0.926. The number of hydrogen-bond donors (Lipinski definition) is 1. The van der Waals surface area contributed by atoms with Gasteiger partial charge in [0.05, 0.1) is 16.7 Å². The molecule has 2 aromatic heterocycles. The number of unbranched alkanes of at least 4 members (excludes halogenated alkanes) is 2. The van der Waals surface area contributed by atoms with Crippen molar-refractivity contribution >= 4 is 39.3 Å². The third-order valence-electron chi connectivity index (χ3n) is 4.79. The molecule has 0 aliphatic heterocycles. The summed E-state index contributed by atoms with van der Waals surface area (Å²) in [5.74, 6) is -0.281. The summed E-state index contributed by atoms with van der Waals surface area (Å²) in [6.07, 6.45) is 10.4. The number of fused-ring (bicyclic) bond motifs is 1. The molecule has 3 rings (SSSR count). The molecule has 0 bridgehead atoms. The lowest BCUT2D eigenvalue weighted by atomic mass is 10.2. The number of carbonyl (C=O) groups is 1. The van der Waals surface area contributed by atoms with E-state index in [0.29, 0.717) is 29.2 Å². The molecule has 0 saturated carbocycles. The molecule has 1 aromatic carbocycles. The molecule has 0 spiro atoms. The fraction of sp³-hybridized carbons (Fsp3) is 0.348. The van der Waals surface area contributed by atoms with Crippen molar-refractivity contribution in [2.75, 3.05) is 12.4 Å². The van der Waals surface area contributed by atoms with E-state index in [1.54, 1.807) is 24.3 Å². The van der Waals surface area contributed by atoms with Crippen LogP contribution in [0, 0.1) is 0 Å². The van der Waals surface area contributed by atoms with E-state index in [1.807, 2.05) is 30.6 Å². The second kappa shape index (κ2) is 11.6. The number of aromatic nitrogens is 2. The van der Waals surface area contributed by atoms with E-state index in [0.717, 1.165) is 24.9 Å². The summed E-state index contributed by atoms with van der Waals surface area (Å²) < 4.78 is 45.2. The average molecular weight is 475 g/mol. The van der Waals surface area contributed by atoms with Crippen molar-refractivity contribution in [3.63, 3.8) is 0 Å². The summed E-state index contributed by atoms with van der Waals surface area (Å²) in [7, 11) is -4.24. The number of ether oxygens (including phenoxy) is 1. The maximum absolute atomic E-state index is 10.6. The van der Waals surface area contributed by atoms with Gasteiger partial charge < -0.3 is 18.8 Å². The molecule has 0 atom stereocenters. The first-order chi connectivity index (χ1) is 15.8. The summed E-state index contributed by atoms with van der Waals surface area (Å²) in [5.41, 5.74) is 2.17. The molecule has 0 aliphatic rings. The van der Waals surface area contributed by atoms with Crippen molar-refractivity contribution in [3.8, 4) is 5.75 Å². The zero-order valence-corrected chi connectivity index (χ0v) is 18.9. The first-order valence-corrected chi connectivity index (χ1v) is 12.2. The first-order valence-electron chi connectivity index (χ1n) is 10.6. The Bertz CT molecular complexity index is 1220. The number of benzene rings is 1. The third kappa shape index (κ3) is 8.66. The Labute approximate surface area is 192 Å². The molecule has 0 unspecified atom stereocenters. The molecule has 0 fully saturated rings. The number of aryl methyl sites for hydroxylation is 1. The van der Waals surface area contributed by atoms with Crippen molar-refractivity contribution in [3.05, 3.63) is 54.2 Å². The van der Waals surface area contributed by atoms with E-state index >= 15 is 0 Å². The van der Waals surface area contributed by atoms with Crippen molar-refractivity contribution in [2.24, 2.45) is 0 Å². The number of rotatable bonds is 13. The lowest BCUT2D eigenvalue weighted by Crippen LogP contribution is -2.32. The van der Waals surface area contributed by atoms with Gasteiger partial charge in [-0.25, -0.2) is 18.0 Å². The second-order valence-electron chi connectivity index (χ2n) is 7.56. The maximum atomic E-state index is 10.6. The topological polar surface area (TPSA) is 134 Å². The zero-order chi connectivity index (χ0) is 23.7. The van der Waals surface area contributed by atoms with E-state index in [9.17, 15) is 17.8 Å². The quantitative estimate of drug-likeness (QED) is 0.227. The molecule has 10 heteroatoms. The van der Waals surface area contributed by atoms with Gasteiger partial charge >= 0.3 is 5.97 Å². The summed E-state index contributed by atoms with van der Waals surface area (Å²) >= 11 is 0. The molecule has 33 heavy (non-hydrogen) atoms. The molecule has 0 saturated heterocycles. The van der Waals surface area contributed by atoms with Gasteiger partial charge in [0, 0.05) is 42.4 Å². The minimum atomic E-state index is -4.24. The Hall–Kier alpha value is -3.24. The van der Waals surface area contributed by atoms with Crippen LogP contribution < -0.4 is 9.30 Å². The Kier molecular flexibility index (Phi) is 8.56. The average Bonchev–Trinajstić information content (AvgIpc) is 3.17. The molecule has 0 radical (unpaired) electrons. The molecule has 1 N–H and O–H groups in total.